The Morgan fingerprint density at radius 1 is 1.29 bits per heavy atom. The summed E-state index contributed by atoms with van der Waals surface area (Å²) in [6.45, 7) is 2.89. The fourth-order valence-corrected chi connectivity index (χ4v) is 2.44. The van der Waals surface area contributed by atoms with E-state index in [9.17, 15) is 4.79 Å². The van der Waals surface area contributed by atoms with Crippen LogP contribution in [0.4, 0.5) is 0 Å². The van der Waals surface area contributed by atoms with Gasteiger partial charge in [-0.15, -0.1) is 0 Å². The zero-order valence-corrected chi connectivity index (χ0v) is 10.6. The molecule has 0 bridgehead atoms. The Hall–Kier alpha value is -1.06. The summed E-state index contributed by atoms with van der Waals surface area (Å²) in [4.78, 5) is 11.4. The Kier molecular flexibility index (Phi) is 3.69. The molecule has 2 rings (SSSR count). The van der Waals surface area contributed by atoms with Crippen molar-refractivity contribution in [1.82, 2.24) is 5.32 Å². The van der Waals surface area contributed by atoms with Crippen LogP contribution >= 0.6 is 11.6 Å². The third-order valence-electron chi connectivity index (χ3n) is 3.16. The SMILES string of the molecule is CC(=O)NC1(c2ccc(Cl)cc2)CCOCC1. The van der Waals surface area contributed by atoms with Crippen molar-refractivity contribution in [2.45, 2.75) is 25.3 Å². The first-order valence-corrected chi connectivity index (χ1v) is 6.13. The molecule has 1 fully saturated rings. The third-order valence-corrected chi connectivity index (χ3v) is 3.41. The van der Waals surface area contributed by atoms with Crippen LogP contribution in [0.25, 0.3) is 0 Å². The molecule has 0 aliphatic carbocycles. The number of carbonyl (C=O) groups excluding carboxylic acids is 1. The minimum atomic E-state index is -0.297. The van der Waals surface area contributed by atoms with E-state index < -0.39 is 0 Å². The maximum absolute atomic E-state index is 11.4. The van der Waals surface area contributed by atoms with Crippen LogP contribution < -0.4 is 5.32 Å². The molecule has 4 heteroatoms. The standard InChI is InChI=1S/C13H16ClNO2/c1-10(16)15-13(6-8-17-9-7-13)11-2-4-12(14)5-3-11/h2-5H,6-9H2,1H3,(H,15,16). The first-order chi connectivity index (χ1) is 8.12. The number of rotatable bonds is 2. The number of hydrogen-bond acceptors (Lipinski definition) is 2. The van der Waals surface area contributed by atoms with E-state index in [2.05, 4.69) is 5.32 Å². The summed E-state index contributed by atoms with van der Waals surface area (Å²) < 4.78 is 5.37. The quantitative estimate of drug-likeness (QED) is 0.879. The Morgan fingerprint density at radius 3 is 2.41 bits per heavy atom. The first kappa shape index (κ1) is 12.4. The van der Waals surface area contributed by atoms with Gasteiger partial charge in [-0.3, -0.25) is 4.79 Å². The molecule has 3 nitrogen and oxygen atoms in total. The van der Waals surface area contributed by atoms with E-state index in [0.717, 1.165) is 18.4 Å². The van der Waals surface area contributed by atoms with E-state index in [0.29, 0.717) is 18.2 Å². The predicted octanol–water partition coefficient (Wildman–Crippen LogP) is 2.48. The monoisotopic (exact) mass is 253 g/mol. The summed E-state index contributed by atoms with van der Waals surface area (Å²) in [6, 6.07) is 7.67. The highest BCUT2D eigenvalue weighted by atomic mass is 35.5. The summed E-state index contributed by atoms with van der Waals surface area (Å²) in [7, 11) is 0. The molecule has 1 aliphatic rings. The molecule has 92 valence electrons. The molecule has 0 atom stereocenters. The number of ether oxygens (including phenoxy) is 1. The largest absolute Gasteiger partial charge is 0.381 e. The molecule has 1 saturated heterocycles. The topological polar surface area (TPSA) is 38.3 Å². The van der Waals surface area contributed by atoms with Crippen LogP contribution in [0.3, 0.4) is 0 Å². The Bertz CT molecular complexity index is 396. The van der Waals surface area contributed by atoms with Gasteiger partial charge in [-0.25, -0.2) is 0 Å². The van der Waals surface area contributed by atoms with E-state index >= 15 is 0 Å². The van der Waals surface area contributed by atoms with E-state index in [-0.39, 0.29) is 11.4 Å². The van der Waals surface area contributed by atoms with Crippen molar-refractivity contribution in [2.75, 3.05) is 13.2 Å². The highest BCUT2D eigenvalue weighted by Gasteiger charge is 2.34. The zero-order valence-electron chi connectivity index (χ0n) is 9.83. The van der Waals surface area contributed by atoms with Gasteiger partial charge in [-0.2, -0.15) is 0 Å². The number of nitrogens with one attached hydrogen (secondary N) is 1. The highest BCUT2D eigenvalue weighted by Crippen LogP contribution is 2.32. The maximum atomic E-state index is 11.4. The molecule has 0 unspecified atom stereocenters. The van der Waals surface area contributed by atoms with E-state index in [1.807, 2.05) is 24.3 Å². The van der Waals surface area contributed by atoms with Gasteiger partial charge >= 0.3 is 0 Å². The van der Waals surface area contributed by atoms with Gasteiger partial charge in [0.2, 0.25) is 5.91 Å². The molecule has 1 aromatic carbocycles. The second-order valence-electron chi connectivity index (χ2n) is 4.38. The Balaban J connectivity index is 2.31. The normalized spacial score (nSPS) is 18.7. The summed E-state index contributed by atoms with van der Waals surface area (Å²) in [6.07, 6.45) is 1.60. The van der Waals surface area contributed by atoms with Crippen molar-refractivity contribution in [2.24, 2.45) is 0 Å². The van der Waals surface area contributed by atoms with Crippen LogP contribution in [0.2, 0.25) is 5.02 Å². The van der Waals surface area contributed by atoms with Crippen molar-refractivity contribution in [1.29, 1.82) is 0 Å². The predicted molar refractivity (Wildman–Crippen MR) is 67.0 cm³/mol. The minimum Gasteiger partial charge on any atom is -0.381 e. The van der Waals surface area contributed by atoms with Crippen molar-refractivity contribution < 1.29 is 9.53 Å². The molecule has 1 amide bonds. The van der Waals surface area contributed by atoms with Crippen molar-refractivity contribution in [3.05, 3.63) is 34.9 Å². The molecule has 0 radical (unpaired) electrons. The molecule has 0 saturated carbocycles. The lowest BCUT2D eigenvalue weighted by atomic mass is 9.82. The average molecular weight is 254 g/mol. The van der Waals surface area contributed by atoms with Gasteiger partial charge in [0.05, 0.1) is 5.54 Å². The van der Waals surface area contributed by atoms with E-state index in [1.165, 1.54) is 0 Å². The van der Waals surface area contributed by atoms with Crippen LogP contribution in [-0.2, 0) is 15.1 Å². The molecule has 0 aromatic heterocycles. The number of halogens is 1. The number of hydrogen-bond donors (Lipinski definition) is 1. The highest BCUT2D eigenvalue weighted by molar-refractivity contribution is 6.30. The van der Waals surface area contributed by atoms with Crippen molar-refractivity contribution in [3.8, 4) is 0 Å². The summed E-state index contributed by atoms with van der Waals surface area (Å²) in [5.41, 5.74) is 0.801. The second-order valence-corrected chi connectivity index (χ2v) is 4.82. The maximum Gasteiger partial charge on any atom is 0.217 e. The number of benzene rings is 1. The Morgan fingerprint density at radius 2 is 1.88 bits per heavy atom. The van der Waals surface area contributed by atoms with Crippen molar-refractivity contribution >= 4 is 17.5 Å². The third kappa shape index (κ3) is 2.79. The van der Waals surface area contributed by atoms with Crippen LogP contribution in [0.1, 0.15) is 25.3 Å². The van der Waals surface area contributed by atoms with Gasteiger partial charge in [-0.1, -0.05) is 23.7 Å². The molecule has 17 heavy (non-hydrogen) atoms. The molecule has 1 N–H and O–H groups in total. The lowest BCUT2D eigenvalue weighted by Crippen LogP contribution is -2.48. The Labute approximate surface area is 106 Å². The van der Waals surface area contributed by atoms with Gasteiger partial charge in [0.15, 0.2) is 0 Å². The lowest BCUT2D eigenvalue weighted by molar-refractivity contribution is -0.122. The van der Waals surface area contributed by atoms with Gasteiger partial charge in [0, 0.05) is 25.2 Å². The molecule has 1 heterocycles. The summed E-state index contributed by atoms with van der Waals surface area (Å²) in [5, 5.41) is 3.78. The van der Waals surface area contributed by atoms with Crippen LogP contribution in [0, 0.1) is 0 Å². The first-order valence-electron chi connectivity index (χ1n) is 5.75. The molecule has 1 aliphatic heterocycles. The zero-order chi connectivity index (χ0) is 12.3. The number of carbonyl (C=O) groups is 1. The van der Waals surface area contributed by atoms with Gasteiger partial charge < -0.3 is 10.1 Å². The van der Waals surface area contributed by atoms with E-state index in [4.69, 9.17) is 16.3 Å². The van der Waals surface area contributed by atoms with Crippen LogP contribution in [0.15, 0.2) is 24.3 Å². The number of amides is 1. The van der Waals surface area contributed by atoms with Crippen LogP contribution in [-0.4, -0.2) is 19.1 Å². The average Bonchev–Trinajstić information content (AvgIpc) is 2.30. The van der Waals surface area contributed by atoms with Gasteiger partial charge in [0.25, 0.3) is 0 Å². The summed E-state index contributed by atoms with van der Waals surface area (Å²) >= 11 is 5.89. The smallest absolute Gasteiger partial charge is 0.217 e. The lowest BCUT2D eigenvalue weighted by Gasteiger charge is -2.38. The van der Waals surface area contributed by atoms with Crippen molar-refractivity contribution in [3.63, 3.8) is 0 Å². The molecule has 1 aromatic rings. The second kappa shape index (κ2) is 5.07. The molecule has 0 spiro atoms. The molecular formula is C13H16ClNO2. The van der Waals surface area contributed by atoms with Gasteiger partial charge in [0.1, 0.15) is 0 Å². The minimum absolute atomic E-state index is 0.0122. The van der Waals surface area contributed by atoms with Gasteiger partial charge in [-0.05, 0) is 30.5 Å². The summed E-state index contributed by atoms with van der Waals surface area (Å²) in [5.74, 6) is -0.0122. The fourth-order valence-electron chi connectivity index (χ4n) is 2.31. The fraction of sp³-hybridized carbons (Fsp3) is 0.462. The molecular weight excluding hydrogens is 238 g/mol. The van der Waals surface area contributed by atoms with E-state index in [1.54, 1.807) is 6.92 Å². The van der Waals surface area contributed by atoms with Crippen LogP contribution in [0.5, 0.6) is 0 Å².